The molecule has 2 aromatic rings. The van der Waals surface area contributed by atoms with E-state index in [1.807, 2.05) is 0 Å². The van der Waals surface area contributed by atoms with E-state index in [1.165, 1.54) is 17.2 Å². The van der Waals surface area contributed by atoms with Crippen LogP contribution in [0.1, 0.15) is 47.3 Å². The van der Waals surface area contributed by atoms with E-state index in [9.17, 15) is 9.18 Å². The van der Waals surface area contributed by atoms with Gasteiger partial charge in [-0.05, 0) is 49.9 Å². The van der Waals surface area contributed by atoms with Gasteiger partial charge in [0.1, 0.15) is 5.82 Å². The highest BCUT2D eigenvalue weighted by Crippen LogP contribution is 2.21. The second kappa shape index (κ2) is 7.79. The number of benzene rings is 2. The summed E-state index contributed by atoms with van der Waals surface area (Å²) < 4.78 is 13.8. The number of aryl methyl sites for hydroxylation is 1. The molecule has 0 saturated carbocycles. The molecule has 1 saturated heterocycles. The quantitative estimate of drug-likeness (QED) is 0.909. The van der Waals surface area contributed by atoms with Crippen molar-refractivity contribution in [3.8, 4) is 0 Å². The fourth-order valence-corrected chi connectivity index (χ4v) is 3.57. The molecule has 132 valence electrons. The van der Waals surface area contributed by atoms with Crippen LogP contribution in [-0.2, 0) is 0 Å². The number of hydrogen-bond donors (Lipinski definition) is 1. The average Bonchev–Trinajstić information content (AvgIpc) is 2.62. The minimum atomic E-state index is -0.444. The van der Waals surface area contributed by atoms with Gasteiger partial charge < -0.3 is 10.2 Å². The monoisotopic (exact) mass is 340 g/mol. The normalized spacial score (nSPS) is 16.7. The molecule has 3 rings (SSSR count). The van der Waals surface area contributed by atoms with Gasteiger partial charge in [0, 0.05) is 25.2 Å². The lowest BCUT2D eigenvalue weighted by Crippen LogP contribution is -2.45. The van der Waals surface area contributed by atoms with Crippen molar-refractivity contribution in [2.45, 2.75) is 38.8 Å². The summed E-state index contributed by atoms with van der Waals surface area (Å²) >= 11 is 0. The number of nitrogens with zero attached hydrogens (tertiary/aromatic N) is 1. The third kappa shape index (κ3) is 4.07. The zero-order valence-electron chi connectivity index (χ0n) is 14.8. The first-order chi connectivity index (χ1) is 12.1. The summed E-state index contributed by atoms with van der Waals surface area (Å²) in [6.07, 6.45) is 1.77. The molecule has 1 aliphatic heterocycles. The highest BCUT2D eigenvalue weighted by Gasteiger charge is 2.26. The first kappa shape index (κ1) is 17.6. The fraction of sp³-hybridized carbons (Fsp3) is 0.381. The predicted molar refractivity (Wildman–Crippen MR) is 98.1 cm³/mol. The van der Waals surface area contributed by atoms with E-state index in [4.69, 9.17) is 0 Å². The lowest BCUT2D eigenvalue weighted by Gasteiger charge is -2.34. The highest BCUT2D eigenvalue weighted by molar-refractivity contribution is 5.94. The zero-order valence-corrected chi connectivity index (χ0v) is 14.8. The zero-order chi connectivity index (χ0) is 17.8. The van der Waals surface area contributed by atoms with Gasteiger partial charge >= 0.3 is 0 Å². The smallest absolute Gasteiger partial charge is 0.256 e. The minimum Gasteiger partial charge on any atom is -0.338 e. The molecule has 1 heterocycles. The van der Waals surface area contributed by atoms with Crippen molar-refractivity contribution in [2.75, 3.05) is 13.1 Å². The summed E-state index contributed by atoms with van der Waals surface area (Å²) in [6, 6.07) is 15.3. The molecular weight excluding hydrogens is 315 g/mol. The van der Waals surface area contributed by atoms with E-state index in [2.05, 4.69) is 43.4 Å². The van der Waals surface area contributed by atoms with E-state index in [0.29, 0.717) is 19.1 Å². The Morgan fingerprint density at radius 2 is 1.76 bits per heavy atom. The van der Waals surface area contributed by atoms with Crippen molar-refractivity contribution in [1.29, 1.82) is 0 Å². The first-order valence-corrected chi connectivity index (χ1v) is 8.91. The number of rotatable bonds is 4. The lowest BCUT2D eigenvalue weighted by atomic mass is 9.98. The van der Waals surface area contributed by atoms with Crippen molar-refractivity contribution < 1.29 is 9.18 Å². The van der Waals surface area contributed by atoms with Crippen LogP contribution in [0.15, 0.2) is 48.5 Å². The number of likely N-dealkylation sites (tertiary alicyclic amines) is 1. The minimum absolute atomic E-state index is 0.169. The number of hydrogen-bond acceptors (Lipinski definition) is 2. The lowest BCUT2D eigenvalue weighted by molar-refractivity contribution is 0.0697. The second-order valence-electron chi connectivity index (χ2n) is 6.79. The summed E-state index contributed by atoms with van der Waals surface area (Å²) in [5.41, 5.74) is 2.77. The van der Waals surface area contributed by atoms with Crippen molar-refractivity contribution in [3.63, 3.8) is 0 Å². The number of amides is 1. The predicted octanol–water partition coefficient (Wildman–Crippen LogP) is 4.09. The van der Waals surface area contributed by atoms with E-state index < -0.39 is 5.82 Å². The molecule has 0 radical (unpaired) electrons. The molecule has 2 aromatic carbocycles. The van der Waals surface area contributed by atoms with Crippen LogP contribution in [-0.4, -0.2) is 29.9 Å². The molecule has 0 aromatic heterocycles. The average molecular weight is 340 g/mol. The van der Waals surface area contributed by atoms with Crippen molar-refractivity contribution >= 4 is 5.91 Å². The maximum absolute atomic E-state index is 13.8. The summed E-state index contributed by atoms with van der Waals surface area (Å²) in [5.74, 6) is -0.649. The molecule has 0 bridgehead atoms. The van der Waals surface area contributed by atoms with Gasteiger partial charge in [0.25, 0.3) is 5.91 Å². The third-order valence-electron chi connectivity index (χ3n) is 5.03. The Morgan fingerprint density at radius 3 is 2.44 bits per heavy atom. The molecule has 1 fully saturated rings. The Morgan fingerprint density at radius 1 is 1.12 bits per heavy atom. The van der Waals surface area contributed by atoms with Crippen LogP contribution in [0.2, 0.25) is 0 Å². The van der Waals surface area contributed by atoms with Gasteiger partial charge in [-0.3, -0.25) is 4.79 Å². The van der Waals surface area contributed by atoms with Crippen LogP contribution in [0.25, 0.3) is 0 Å². The Kier molecular flexibility index (Phi) is 5.49. The van der Waals surface area contributed by atoms with Crippen LogP contribution in [0.4, 0.5) is 4.39 Å². The summed E-state index contributed by atoms with van der Waals surface area (Å²) in [6.45, 7) is 5.62. The van der Waals surface area contributed by atoms with E-state index in [-0.39, 0.29) is 17.5 Å². The van der Waals surface area contributed by atoms with Gasteiger partial charge in [-0.1, -0.05) is 36.4 Å². The molecule has 0 spiro atoms. The van der Waals surface area contributed by atoms with Gasteiger partial charge in [-0.2, -0.15) is 0 Å². The van der Waals surface area contributed by atoms with Gasteiger partial charge in [-0.15, -0.1) is 0 Å². The maximum Gasteiger partial charge on any atom is 0.256 e. The topological polar surface area (TPSA) is 32.3 Å². The number of piperidine rings is 1. The number of nitrogens with one attached hydrogen (secondary N) is 1. The van der Waals surface area contributed by atoms with Gasteiger partial charge in [0.05, 0.1) is 5.56 Å². The Labute approximate surface area is 148 Å². The first-order valence-electron chi connectivity index (χ1n) is 8.91. The van der Waals surface area contributed by atoms with Crippen molar-refractivity contribution in [3.05, 3.63) is 71.0 Å². The molecular formula is C21H25FN2O. The van der Waals surface area contributed by atoms with Gasteiger partial charge in [0.15, 0.2) is 0 Å². The van der Waals surface area contributed by atoms with E-state index in [0.717, 1.165) is 12.8 Å². The van der Waals surface area contributed by atoms with Crippen LogP contribution in [0.5, 0.6) is 0 Å². The van der Waals surface area contributed by atoms with Gasteiger partial charge in [0.2, 0.25) is 0 Å². The molecule has 0 aliphatic carbocycles. The fourth-order valence-electron chi connectivity index (χ4n) is 3.57. The molecule has 1 N–H and O–H groups in total. The molecule has 3 nitrogen and oxygen atoms in total. The highest BCUT2D eigenvalue weighted by atomic mass is 19.1. The summed E-state index contributed by atoms with van der Waals surface area (Å²) in [4.78, 5) is 14.2. The molecule has 1 amide bonds. The van der Waals surface area contributed by atoms with E-state index in [1.54, 1.807) is 23.1 Å². The summed E-state index contributed by atoms with van der Waals surface area (Å²) in [5, 5.41) is 3.67. The molecule has 4 heteroatoms. The Hall–Kier alpha value is -2.20. The number of carbonyl (C=O) groups is 1. The Balaban J connectivity index is 1.56. The number of halogens is 1. The third-order valence-corrected chi connectivity index (χ3v) is 5.03. The van der Waals surface area contributed by atoms with Crippen molar-refractivity contribution in [1.82, 2.24) is 10.2 Å². The molecule has 1 atom stereocenters. The second-order valence-corrected chi connectivity index (χ2v) is 6.79. The van der Waals surface area contributed by atoms with Crippen LogP contribution in [0.3, 0.4) is 0 Å². The molecule has 1 aliphatic rings. The largest absolute Gasteiger partial charge is 0.338 e. The molecule has 0 unspecified atom stereocenters. The van der Waals surface area contributed by atoms with Crippen molar-refractivity contribution in [2.24, 2.45) is 0 Å². The Bertz CT molecular complexity index is 738. The van der Waals surface area contributed by atoms with Gasteiger partial charge in [-0.25, -0.2) is 4.39 Å². The number of carbonyl (C=O) groups excluding carboxylic acids is 1. The van der Waals surface area contributed by atoms with Crippen LogP contribution in [0, 0.1) is 12.7 Å². The molecule has 25 heavy (non-hydrogen) atoms. The SMILES string of the molecule is Cc1ccccc1[C@@H](C)NC1CCN(C(=O)c2ccccc2F)CC1. The standard InChI is InChI=1S/C21H25FN2O/c1-15-7-3-4-8-18(15)16(2)23-17-11-13-24(14-12-17)21(25)19-9-5-6-10-20(19)22/h3-10,16-17,23H,11-14H2,1-2H3/t16-/m1/s1. The van der Waals surface area contributed by atoms with Crippen LogP contribution < -0.4 is 5.32 Å². The summed E-state index contributed by atoms with van der Waals surface area (Å²) in [7, 11) is 0. The van der Waals surface area contributed by atoms with Crippen LogP contribution >= 0.6 is 0 Å². The van der Waals surface area contributed by atoms with E-state index >= 15 is 0 Å². The maximum atomic E-state index is 13.8.